The van der Waals surface area contributed by atoms with E-state index in [-0.39, 0.29) is 11.3 Å². The number of nitrogen functional groups attached to an aromatic ring is 1. The van der Waals surface area contributed by atoms with Crippen LogP contribution < -0.4 is 11.1 Å². The van der Waals surface area contributed by atoms with Crippen molar-refractivity contribution in [3.63, 3.8) is 0 Å². The fraction of sp³-hybridized carbons (Fsp3) is 0. The first kappa shape index (κ1) is 13.5. The number of aromatic carboxylic acids is 1. The standard InChI is InChI=1S/C13H10Cl2N2O2/c14-10-3-1-8(6-11(10)15)17-7-2-4-12(16)9(5-7)13(18)19/h1-6,17H,16H2,(H,18,19). The monoisotopic (exact) mass is 296 g/mol. The number of hydrogen-bond acceptors (Lipinski definition) is 3. The summed E-state index contributed by atoms with van der Waals surface area (Å²) in [5, 5.41) is 12.9. The normalized spacial score (nSPS) is 10.2. The Morgan fingerprint density at radius 2 is 1.68 bits per heavy atom. The Bertz CT molecular complexity index is 645. The summed E-state index contributed by atoms with van der Waals surface area (Å²) in [7, 11) is 0. The van der Waals surface area contributed by atoms with Crippen LogP contribution in [0, 0.1) is 0 Å². The maximum Gasteiger partial charge on any atom is 0.337 e. The number of carboxylic acid groups (broad SMARTS) is 1. The lowest BCUT2D eigenvalue weighted by Gasteiger charge is -2.09. The Balaban J connectivity index is 2.30. The molecule has 0 amide bonds. The fourth-order valence-corrected chi connectivity index (χ4v) is 1.86. The van der Waals surface area contributed by atoms with Crippen LogP contribution in [0.2, 0.25) is 10.0 Å². The van der Waals surface area contributed by atoms with Crippen LogP contribution in [0.1, 0.15) is 10.4 Å². The van der Waals surface area contributed by atoms with Gasteiger partial charge in [-0.1, -0.05) is 23.2 Å². The summed E-state index contributed by atoms with van der Waals surface area (Å²) in [4.78, 5) is 11.0. The summed E-state index contributed by atoms with van der Waals surface area (Å²) in [6.45, 7) is 0. The van der Waals surface area contributed by atoms with Crippen molar-refractivity contribution < 1.29 is 9.90 Å². The smallest absolute Gasteiger partial charge is 0.337 e. The molecule has 0 atom stereocenters. The van der Waals surface area contributed by atoms with E-state index in [1.165, 1.54) is 12.1 Å². The molecule has 0 fully saturated rings. The molecule has 0 radical (unpaired) electrons. The largest absolute Gasteiger partial charge is 0.478 e. The first-order valence-corrected chi connectivity index (χ1v) is 6.08. The van der Waals surface area contributed by atoms with Gasteiger partial charge in [0.1, 0.15) is 0 Å². The minimum Gasteiger partial charge on any atom is -0.478 e. The zero-order valence-electron chi connectivity index (χ0n) is 9.65. The van der Waals surface area contributed by atoms with Gasteiger partial charge < -0.3 is 16.2 Å². The molecule has 0 saturated heterocycles. The predicted molar refractivity (Wildman–Crippen MR) is 77.6 cm³/mol. The second-order valence-corrected chi connectivity index (χ2v) is 4.68. The van der Waals surface area contributed by atoms with E-state index in [2.05, 4.69) is 5.32 Å². The third-order valence-corrected chi connectivity index (χ3v) is 3.23. The van der Waals surface area contributed by atoms with E-state index in [1.54, 1.807) is 24.3 Å². The van der Waals surface area contributed by atoms with Crippen molar-refractivity contribution in [3.8, 4) is 0 Å². The summed E-state index contributed by atoms with van der Waals surface area (Å²) >= 11 is 11.7. The highest BCUT2D eigenvalue weighted by atomic mass is 35.5. The number of hydrogen-bond donors (Lipinski definition) is 3. The molecule has 0 heterocycles. The molecule has 0 aliphatic carbocycles. The van der Waals surface area contributed by atoms with Gasteiger partial charge in [-0.15, -0.1) is 0 Å². The molecule has 2 rings (SSSR count). The molecule has 6 heteroatoms. The number of carboxylic acids is 1. The van der Waals surface area contributed by atoms with Crippen molar-refractivity contribution in [2.75, 3.05) is 11.1 Å². The van der Waals surface area contributed by atoms with Gasteiger partial charge >= 0.3 is 5.97 Å². The topological polar surface area (TPSA) is 75.3 Å². The van der Waals surface area contributed by atoms with E-state index in [0.717, 1.165) is 0 Å². The van der Waals surface area contributed by atoms with Gasteiger partial charge in [-0.05, 0) is 36.4 Å². The van der Waals surface area contributed by atoms with E-state index in [0.29, 0.717) is 21.4 Å². The van der Waals surface area contributed by atoms with Crippen LogP contribution in [0.4, 0.5) is 17.1 Å². The lowest BCUT2D eigenvalue weighted by atomic mass is 10.1. The SMILES string of the molecule is Nc1ccc(Nc2ccc(Cl)c(Cl)c2)cc1C(=O)O. The van der Waals surface area contributed by atoms with Crippen molar-refractivity contribution in [2.45, 2.75) is 0 Å². The summed E-state index contributed by atoms with van der Waals surface area (Å²) in [5.41, 5.74) is 7.15. The third-order valence-electron chi connectivity index (χ3n) is 2.49. The molecular weight excluding hydrogens is 287 g/mol. The van der Waals surface area contributed by atoms with Gasteiger partial charge in [-0.2, -0.15) is 0 Å². The van der Waals surface area contributed by atoms with Crippen molar-refractivity contribution in [3.05, 3.63) is 52.0 Å². The summed E-state index contributed by atoms with van der Waals surface area (Å²) < 4.78 is 0. The van der Waals surface area contributed by atoms with Gasteiger partial charge in [0.2, 0.25) is 0 Å². The Kier molecular flexibility index (Phi) is 3.83. The Morgan fingerprint density at radius 1 is 1.05 bits per heavy atom. The molecule has 98 valence electrons. The lowest BCUT2D eigenvalue weighted by Crippen LogP contribution is -2.03. The Morgan fingerprint density at radius 3 is 2.32 bits per heavy atom. The Labute approximate surface area is 119 Å². The molecule has 0 bridgehead atoms. The maximum atomic E-state index is 11.0. The number of nitrogens with two attached hydrogens (primary N) is 1. The van der Waals surface area contributed by atoms with Crippen LogP contribution in [-0.2, 0) is 0 Å². The molecule has 0 saturated carbocycles. The van der Waals surface area contributed by atoms with Crippen LogP contribution in [0.25, 0.3) is 0 Å². The summed E-state index contributed by atoms with van der Waals surface area (Å²) in [6, 6.07) is 9.72. The van der Waals surface area contributed by atoms with Gasteiger partial charge in [-0.3, -0.25) is 0 Å². The van der Waals surface area contributed by atoms with Crippen molar-refractivity contribution in [1.82, 2.24) is 0 Å². The summed E-state index contributed by atoms with van der Waals surface area (Å²) in [6.07, 6.45) is 0. The zero-order chi connectivity index (χ0) is 14.0. The molecule has 4 N–H and O–H groups in total. The van der Waals surface area contributed by atoms with Crippen LogP contribution in [0.5, 0.6) is 0 Å². The van der Waals surface area contributed by atoms with E-state index < -0.39 is 5.97 Å². The van der Waals surface area contributed by atoms with Crippen molar-refractivity contribution >= 4 is 46.2 Å². The second-order valence-electron chi connectivity index (χ2n) is 3.86. The first-order chi connectivity index (χ1) is 8.97. The number of rotatable bonds is 3. The highest BCUT2D eigenvalue weighted by Crippen LogP contribution is 2.28. The average Bonchev–Trinajstić information content (AvgIpc) is 2.36. The van der Waals surface area contributed by atoms with Gasteiger partial charge in [0, 0.05) is 17.1 Å². The minimum absolute atomic E-state index is 0.0464. The van der Waals surface area contributed by atoms with Gasteiger partial charge in [0.25, 0.3) is 0 Å². The quantitative estimate of drug-likeness (QED) is 0.748. The molecular formula is C13H10Cl2N2O2. The molecule has 0 aliphatic rings. The van der Waals surface area contributed by atoms with E-state index in [4.69, 9.17) is 34.0 Å². The van der Waals surface area contributed by atoms with E-state index in [9.17, 15) is 4.79 Å². The molecule has 2 aromatic carbocycles. The maximum absolute atomic E-state index is 11.0. The van der Waals surface area contributed by atoms with Crippen molar-refractivity contribution in [1.29, 1.82) is 0 Å². The van der Waals surface area contributed by atoms with Crippen molar-refractivity contribution in [2.24, 2.45) is 0 Å². The predicted octanol–water partition coefficient (Wildman–Crippen LogP) is 4.02. The molecule has 19 heavy (non-hydrogen) atoms. The Hall–Kier alpha value is -1.91. The van der Waals surface area contributed by atoms with Gasteiger partial charge in [0.05, 0.1) is 15.6 Å². The van der Waals surface area contributed by atoms with Gasteiger partial charge in [0.15, 0.2) is 0 Å². The number of halogens is 2. The fourth-order valence-electron chi connectivity index (χ4n) is 1.56. The molecule has 0 aliphatic heterocycles. The van der Waals surface area contributed by atoms with Crippen LogP contribution in [0.3, 0.4) is 0 Å². The average molecular weight is 297 g/mol. The first-order valence-electron chi connectivity index (χ1n) is 5.32. The number of benzene rings is 2. The number of anilines is 3. The highest BCUT2D eigenvalue weighted by molar-refractivity contribution is 6.42. The molecule has 4 nitrogen and oxygen atoms in total. The third kappa shape index (κ3) is 3.10. The second kappa shape index (κ2) is 5.38. The highest BCUT2D eigenvalue weighted by Gasteiger charge is 2.09. The molecule has 0 spiro atoms. The van der Waals surface area contributed by atoms with Crippen LogP contribution in [-0.4, -0.2) is 11.1 Å². The molecule has 0 aromatic heterocycles. The number of nitrogens with one attached hydrogen (secondary N) is 1. The van der Waals surface area contributed by atoms with Gasteiger partial charge in [-0.25, -0.2) is 4.79 Å². The van der Waals surface area contributed by atoms with E-state index in [1.807, 2.05) is 0 Å². The van der Waals surface area contributed by atoms with E-state index >= 15 is 0 Å². The summed E-state index contributed by atoms with van der Waals surface area (Å²) in [5.74, 6) is -1.07. The molecule has 0 unspecified atom stereocenters. The lowest BCUT2D eigenvalue weighted by molar-refractivity contribution is 0.0698. The molecule has 2 aromatic rings. The van der Waals surface area contributed by atoms with Crippen LogP contribution in [0.15, 0.2) is 36.4 Å². The minimum atomic E-state index is -1.07. The zero-order valence-corrected chi connectivity index (χ0v) is 11.2. The number of carbonyl (C=O) groups is 1. The van der Waals surface area contributed by atoms with Crippen LogP contribution >= 0.6 is 23.2 Å².